The van der Waals surface area contributed by atoms with E-state index < -0.39 is 93.9 Å². The van der Waals surface area contributed by atoms with Crippen LogP contribution in [0, 0.1) is 0 Å². The van der Waals surface area contributed by atoms with Crippen molar-refractivity contribution in [3.63, 3.8) is 0 Å². The zero-order valence-corrected chi connectivity index (χ0v) is 36.6. The third-order valence-corrected chi connectivity index (χ3v) is 15.6. The minimum Gasteiger partial charge on any atom is -0.302 e. The summed E-state index contributed by atoms with van der Waals surface area (Å²) in [4.78, 5) is 161. The summed E-state index contributed by atoms with van der Waals surface area (Å²) < 4.78 is 146. The van der Waals surface area contributed by atoms with Crippen LogP contribution in [-0.2, 0) is 89.3 Å². The first kappa shape index (κ1) is 86.9. The highest BCUT2D eigenvalue weighted by atomic mass is 31.3. The van der Waals surface area contributed by atoms with Crippen LogP contribution in [0.15, 0.2) is 0 Å². The van der Waals surface area contributed by atoms with Gasteiger partial charge in [0.2, 0.25) is 0 Å². The Morgan fingerprint density at radius 2 is 0.295 bits per heavy atom. The van der Waals surface area contributed by atoms with Gasteiger partial charge in [-0.05, 0) is 54.8 Å². The lowest BCUT2D eigenvalue weighted by Gasteiger charge is -2.12. The monoisotopic (exact) mass is 1250 g/mol. The number of rotatable bonds is 17. The fourth-order valence-corrected chi connectivity index (χ4v) is 11.3. The normalized spacial score (nSPS) is 12.9. The minimum absolute atomic E-state index is 0. The molecule has 0 saturated carbocycles. The van der Waals surface area contributed by atoms with Crippen LogP contribution in [0.5, 0.6) is 0 Å². The molecule has 0 saturated heterocycles. The average Bonchev–Trinajstić information content (AvgIpc) is 2.66. The zero-order valence-electron chi connectivity index (χ0n) is 25.9. The van der Waals surface area contributed by atoms with Crippen LogP contribution < -0.4 is 0 Å². The summed E-state index contributed by atoms with van der Waals surface area (Å²) in [5.41, 5.74) is 0. The fourth-order valence-electron chi connectivity index (χ4n) is 1.13. The summed E-state index contributed by atoms with van der Waals surface area (Å²) in [6.45, 7) is 4.36. The zero-order chi connectivity index (χ0) is 47.1. The Balaban J connectivity index is -0.0000000671. The highest BCUT2D eigenvalue weighted by molar-refractivity contribution is 7.68. The third kappa shape index (κ3) is 86.5. The molecule has 0 aliphatic rings. The van der Waals surface area contributed by atoms with Gasteiger partial charge >= 0.3 is 93.9 Å². The van der Waals surface area contributed by atoms with Crippen LogP contribution in [0.3, 0.4) is 0 Å². The van der Waals surface area contributed by atoms with Crippen molar-refractivity contribution in [2.45, 2.75) is 26.7 Å². The fraction of sp³-hybridized carbons (Fsp3) is 1.00. The lowest BCUT2D eigenvalue weighted by molar-refractivity contribution is 0.198. The first-order valence-corrected chi connectivity index (χ1v) is 29.3. The molecule has 386 valence electrons. The summed E-state index contributed by atoms with van der Waals surface area (Å²) in [5, 5.41) is 0. The maximum atomic E-state index is 10.4. The van der Waals surface area contributed by atoms with Gasteiger partial charge in [0.05, 0.1) is 0 Å². The Kier molecular flexibility index (Phi) is 47.4. The molecule has 0 aliphatic heterocycles. The molecule has 61 heavy (non-hydrogen) atoms. The molecule has 0 aromatic carbocycles. The molecule has 0 aromatic heterocycles. The van der Waals surface area contributed by atoms with E-state index in [1.165, 1.54) is 12.8 Å². The molecule has 0 aliphatic carbocycles. The predicted octanol–water partition coefficient (Wildman–Crippen LogP) is -8.23. The quantitative estimate of drug-likeness (QED) is 0.0475. The van der Waals surface area contributed by atoms with Crippen molar-refractivity contribution in [1.82, 2.24) is 0 Å². The number of hydrogen-bond acceptors (Lipinski definition) is 20. The standard InChI is InChI=1S/C4H10.4H5O10P3.5H4Si/c1-3-4-2;4*1-11(2,3)9-13(7,8)10-12(4,5)6;;;;;/h3-4H2,1-2H3;4*(H,7,8)(H2,1,2,3)(H2,4,5,6);5*1H4. The SMILES string of the molecule is CCCC.O=P(O)(O)OP(=O)(O)OP(=O)(O)O.O=P(O)(O)OP(=O)(O)OP(=O)(O)O.O=P(O)(O)OP(=O)(O)OP(=O)(O)O.O=P(O)(O)OP(=O)(O)OP(=O)(O)O.[SiH4].[SiH4].[SiH4].[SiH4].[SiH4]. The van der Waals surface area contributed by atoms with Gasteiger partial charge < -0.3 is 97.9 Å². The van der Waals surface area contributed by atoms with E-state index >= 15 is 0 Å². The molecule has 0 radical (unpaired) electrons. The van der Waals surface area contributed by atoms with Crippen LogP contribution in [0.4, 0.5) is 0 Å². The van der Waals surface area contributed by atoms with Crippen LogP contribution in [0.25, 0.3) is 0 Å². The smallest absolute Gasteiger partial charge is 0.302 e. The topological polar surface area (TPSA) is 683 Å². The van der Waals surface area contributed by atoms with Crippen molar-refractivity contribution >= 4 is 149 Å². The molecule has 0 fully saturated rings. The van der Waals surface area contributed by atoms with Gasteiger partial charge in [-0.2, -0.15) is 34.5 Å². The van der Waals surface area contributed by atoms with E-state index in [4.69, 9.17) is 97.9 Å². The van der Waals surface area contributed by atoms with Crippen molar-refractivity contribution in [2.24, 2.45) is 0 Å². The number of hydrogen-bond donors (Lipinski definition) is 20. The van der Waals surface area contributed by atoms with Crippen molar-refractivity contribution in [2.75, 3.05) is 0 Å². The molecule has 0 amide bonds. The van der Waals surface area contributed by atoms with Gasteiger partial charge in [0.25, 0.3) is 0 Å². The molecule has 0 aromatic rings. The molecule has 0 spiro atoms. The van der Waals surface area contributed by atoms with E-state index in [0.717, 1.165) is 0 Å². The molecule has 20 N–H and O–H groups in total. The summed E-state index contributed by atoms with van der Waals surface area (Å²) in [6.07, 6.45) is 2.64. The van der Waals surface area contributed by atoms with Crippen molar-refractivity contribution in [3.8, 4) is 0 Å². The first-order valence-electron chi connectivity index (χ1n) is 11.0. The van der Waals surface area contributed by atoms with E-state index in [9.17, 15) is 54.8 Å². The van der Waals surface area contributed by atoms with Crippen molar-refractivity contribution in [1.29, 1.82) is 0 Å². The van der Waals surface area contributed by atoms with Gasteiger partial charge in [0, 0.05) is 0 Å². The Morgan fingerprint density at radius 3 is 0.328 bits per heavy atom. The van der Waals surface area contributed by atoms with Gasteiger partial charge in [0.1, 0.15) is 0 Å². The molecule has 0 heterocycles. The largest absolute Gasteiger partial charge is 0.490 e. The molecule has 40 nitrogen and oxygen atoms in total. The van der Waals surface area contributed by atoms with E-state index in [-0.39, 0.29) is 54.8 Å². The average molecular weight is 1250 g/mol. The lowest BCUT2D eigenvalue weighted by Crippen LogP contribution is -1.92. The van der Waals surface area contributed by atoms with Gasteiger partial charge in [-0.1, -0.05) is 26.7 Å². The Morgan fingerprint density at radius 1 is 0.230 bits per heavy atom. The second-order valence-corrected chi connectivity index (χ2v) is 24.3. The molecule has 0 atom stereocenters. The third-order valence-electron chi connectivity index (χ3n) is 2.18. The van der Waals surface area contributed by atoms with Gasteiger partial charge in [-0.3, -0.25) is 0 Å². The van der Waals surface area contributed by atoms with Crippen molar-refractivity contribution < 1.29 is 187 Å². The molecule has 57 heteroatoms. The predicted molar refractivity (Wildman–Crippen MR) is 222 cm³/mol. The van der Waals surface area contributed by atoms with Gasteiger partial charge in [0.15, 0.2) is 0 Å². The van der Waals surface area contributed by atoms with Crippen molar-refractivity contribution in [3.05, 3.63) is 0 Å². The second kappa shape index (κ2) is 33.3. The van der Waals surface area contributed by atoms with E-state index in [1.54, 1.807) is 0 Å². The van der Waals surface area contributed by atoms with Crippen LogP contribution in [0.2, 0.25) is 0 Å². The maximum Gasteiger partial charge on any atom is 0.490 e. The summed E-state index contributed by atoms with van der Waals surface area (Å²) in [6, 6.07) is 0. The molecule has 0 bridgehead atoms. The first-order chi connectivity index (χ1) is 23.6. The van der Waals surface area contributed by atoms with E-state index in [2.05, 4.69) is 48.3 Å². The second-order valence-electron chi connectivity index (χ2n) is 7.45. The summed E-state index contributed by atoms with van der Waals surface area (Å²) >= 11 is 0. The molecular weight excluding hydrogens is 1200 g/mol. The summed E-state index contributed by atoms with van der Waals surface area (Å²) in [7, 11) is -64.7. The number of unbranched alkanes of at least 4 members (excludes halogenated alkanes) is 1. The van der Waals surface area contributed by atoms with Gasteiger partial charge in [-0.25, -0.2) is 54.8 Å². The molecule has 0 unspecified atom stereocenters. The Bertz CT molecular complexity index is 1420. The Hall–Kier alpha value is 2.72. The lowest BCUT2D eigenvalue weighted by atomic mass is 10.4. The van der Waals surface area contributed by atoms with Crippen LogP contribution in [-0.4, -0.2) is 153 Å². The highest BCUT2D eigenvalue weighted by Crippen LogP contribution is 2.67. The van der Waals surface area contributed by atoms with Crippen LogP contribution >= 0.6 is 93.9 Å². The maximum absolute atomic E-state index is 10.4. The van der Waals surface area contributed by atoms with E-state index in [0.29, 0.717) is 0 Å². The Labute approximate surface area is 361 Å². The summed E-state index contributed by atoms with van der Waals surface area (Å²) in [5.74, 6) is 0. The minimum atomic E-state index is -5.46. The molecular formula is C4H50O40P12Si5. The highest BCUT2D eigenvalue weighted by Gasteiger charge is 2.41. The van der Waals surface area contributed by atoms with Gasteiger partial charge in [-0.15, -0.1) is 0 Å². The van der Waals surface area contributed by atoms with E-state index in [1.807, 2.05) is 0 Å². The van der Waals surface area contributed by atoms with Crippen LogP contribution in [0.1, 0.15) is 26.7 Å². The molecule has 0 rings (SSSR count). The number of phosphoric acid groups is 12.